The van der Waals surface area contributed by atoms with Crippen LogP contribution in [-0.4, -0.2) is 26.1 Å². The molecule has 118 valence electrons. The summed E-state index contributed by atoms with van der Waals surface area (Å²) >= 11 is 0. The molecule has 6 nitrogen and oxygen atoms in total. The van der Waals surface area contributed by atoms with Crippen LogP contribution >= 0.6 is 0 Å². The summed E-state index contributed by atoms with van der Waals surface area (Å²) in [4.78, 5) is 19.0. The van der Waals surface area contributed by atoms with Crippen molar-refractivity contribution in [2.45, 2.75) is 6.92 Å². The first kappa shape index (κ1) is 14.2. The van der Waals surface area contributed by atoms with Crippen LogP contribution in [0.2, 0.25) is 0 Å². The van der Waals surface area contributed by atoms with Gasteiger partial charge < -0.3 is 10.3 Å². The van der Waals surface area contributed by atoms with Crippen LogP contribution in [0.4, 0.5) is 5.69 Å². The molecule has 0 saturated carbocycles. The zero-order chi connectivity index (χ0) is 16.5. The van der Waals surface area contributed by atoms with Gasteiger partial charge in [-0.2, -0.15) is 5.10 Å². The average Bonchev–Trinajstić information content (AvgIpc) is 3.23. The average molecular weight is 317 g/mol. The van der Waals surface area contributed by atoms with Crippen LogP contribution in [0.1, 0.15) is 6.92 Å². The number of carbonyl (C=O) groups excluding carboxylic acids is 1. The number of aromatic amines is 2. The van der Waals surface area contributed by atoms with E-state index in [-0.39, 0.29) is 5.91 Å². The Morgan fingerprint density at radius 3 is 2.88 bits per heavy atom. The van der Waals surface area contributed by atoms with Crippen LogP contribution in [0.15, 0.2) is 55.0 Å². The number of nitrogens with zero attached hydrogens (tertiary/aromatic N) is 2. The SMILES string of the molecule is CC(=O)Nc1cccc(-c2ccnc3[nH]c(-c4cn[nH]c4)cc23)c1. The molecule has 3 aromatic heterocycles. The Balaban J connectivity index is 1.83. The molecule has 4 aromatic rings. The molecule has 0 aliphatic heterocycles. The molecule has 0 saturated heterocycles. The molecule has 3 heterocycles. The number of benzene rings is 1. The van der Waals surface area contributed by atoms with Gasteiger partial charge in [0.2, 0.25) is 5.91 Å². The number of nitrogens with one attached hydrogen (secondary N) is 3. The molecule has 0 radical (unpaired) electrons. The van der Waals surface area contributed by atoms with E-state index in [1.807, 2.05) is 36.5 Å². The standard InChI is InChI=1S/C18H15N5O/c1-11(24)22-14-4-2-3-12(7-14)15-5-6-19-18-16(15)8-17(23-18)13-9-20-21-10-13/h2-10H,1H3,(H,19,23)(H,20,21)(H,22,24). The Morgan fingerprint density at radius 1 is 1.17 bits per heavy atom. The number of anilines is 1. The first-order valence-electron chi connectivity index (χ1n) is 7.55. The van der Waals surface area contributed by atoms with Gasteiger partial charge in [-0.1, -0.05) is 12.1 Å². The van der Waals surface area contributed by atoms with Crippen LogP contribution < -0.4 is 5.32 Å². The number of aromatic nitrogens is 4. The first-order chi connectivity index (χ1) is 11.7. The second-order valence-corrected chi connectivity index (χ2v) is 5.55. The second-order valence-electron chi connectivity index (χ2n) is 5.55. The largest absolute Gasteiger partial charge is 0.339 e. The number of amides is 1. The van der Waals surface area contributed by atoms with Crippen molar-refractivity contribution >= 4 is 22.6 Å². The molecule has 4 rings (SSSR count). The predicted octanol–water partition coefficient (Wildman–Crippen LogP) is 3.58. The lowest BCUT2D eigenvalue weighted by Crippen LogP contribution is -2.05. The quantitative estimate of drug-likeness (QED) is 0.540. The van der Waals surface area contributed by atoms with Gasteiger partial charge in [-0.05, 0) is 35.4 Å². The number of fused-ring (bicyclic) bond motifs is 1. The summed E-state index contributed by atoms with van der Waals surface area (Å²) in [5.41, 5.74) is 5.59. The molecular weight excluding hydrogens is 302 g/mol. The minimum absolute atomic E-state index is 0.0871. The maximum absolute atomic E-state index is 11.3. The third kappa shape index (κ3) is 2.54. The fourth-order valence-electron chi connectivity index (χ4n) is 2.80. The number of carbonyl (C=O) groups is 1. The molecule has 0 aliphatic rings. The van der Waals surface area contributed by atoms with Gasteiger partial charge in [-0.3, -0.25) is 9.89 Å². The van der Waals surface area contributed by atoms with E-state index in [1.165, 1.54) is 6.92 Å². The van der Waals surface area contributed by atoms with Crippen molar-refractivity contribution in [2.24, 2.45) is 0 Å². The molecule has 6 heteroatoms. The van der Waals surface area contributed by atoms with Gasteiger partial charge in [0.15, 0.2) is 0 Å². The lowest BCUT2D eigenvalue weighted by Gasteiger charge is -2.07. The van der Waals surface area contributed by atoms with Gasteiger partial charge in [0.05, 0.1) is 11.9 Å². The van der Waals surface area contributed by atoms with Gasteiger partial charge in [0.25, 0.3) is 0 Å². The summed E-state index contributed by atoms with van der Waals surface area (Å²) in [7, 11) is 0. The zero-order valence-electron chi connectivity index (χ0n) is 13.0. The Hall–Kier alpha value is -3.41. The van der Waals surface area contributed by atoms with Crippen molar-refractivity contribution in [3.8, 4) is 22.4 Å². The first-order valence-corrected chi connectivity index (χ1v) is 7.55. The van der Waals surface area contributed by atoms with E-state index in [2.05, 4.69) is 31.5 Å². The van der Waals surface area contributed by atoms with Gasteiger partial charge in [0, 0.05) is 36.0 Å². The summed E-state index contributed by atoms with van der Waals surface area (Å²) in [5, 5.41) is 10.6. The van der Waals surface area contributed by atoms with Crippen molar-refractivity contribution in [3.63, 3.8) is 0 Å². The molecule has 0 aliphatic carbocycles. The summed E-state index contributed by atoms with van der Waals surface area (Å²) in [5.74, 6) is -0.0871. The monoisotopic (exact) mass is 317 g/mol. The molecule has 0 bridgehead atoms. The number of rotatable bonds is 3. The summed E-state index contributed by atoms with van der Waals surface area (Å²) in [6, 6.07) is 11.8. The number of pyridine rings is 1. The van der Waals surface area contributed by atoms with Crippen molar-refractivity contribution in [1.82, 2.24) is 20.2 Å². The fourth-order valence-corrected chi connectivity index (χ4v) is 2.80. The smallest absolute Gasteiger partial charge is 0.221 e. The lowest BCUT2D eigenvalue weighted by molar-refractivity contribution is -0.114. The summed E-state index contributed by atoms with van der Waals surface area (Å²) in [6.45, 7) is 1.50. The molecule has 24 heavy (non-hydrogen) atoms. The Morgan fingerprint density at radius 2 is 2.08 bits per heavy atom. The van der Waals surface area contributed by atoms with E-state index in [1.54, 1.807) is 12.4 Å². The van der Waals surface area contributed by atoms with E-state index in [4.69, 9.17) is 0 Å². The normalized spacial score (nSPS) is 10.9. The molecule has 0 fully saturated rings. The Bertz CT molecular complexity index is 1020. The molecule has 0 atom stereocenters. The van der Waals surface area contributed by atoms with Crippen molar-refractivity contribution in [3.05, 3.63) is 55.0 Å². The van der Waals surface area contributed by atoms with Crippen LogP contribution in [0.3, 0.4) is 0 Å². The van der Waals surface area contributed by atoms with Crippen LogP contribution in [0.5, 0.6) is 0 Å². The van der Waals surface area contributed by atoms with Gasteiger partial charge in [0.1, 0.15) is 5.65 Å². The molecular formula is C18H15N5O. The highest BCUT2D eigenvalue weighted by Gasteiger charge is 2.10. The minimum Gasteiger partial charge on any atom is -0.339 e. The van der Waals surface area contributed by atoms with Crippen LogP contribution in [-0.2, 0) is 4.79 Å². The minimum atomic E-state index is -0.0871. The molecule has 1 aromatic carbocycles. The van der Waals surface area contributed by atoms with Gasteiger partial charge >= 0.3 is 0 Å². The molecule has 0 spiro atoms. The molecule has 3 N–H and O–H groups in total. The number of H-pyrrole nitrogens is 2. The second kappa shape index (κ2) is 5.66. The van der Waals surface area contributed by atoms with Crippen molar-refractivity contribution in [2.75, 3.05) is 5.32 Å². The maximum atomic E-state index is 11.3. The van der Waals surface area contributed by atoms with Crippen LogP contribution in [0.25, 0.3) is 33.4 Å². The lowest BCUT2D eigenvalue weighted by atomic mass is 10.0. The van der Waals surface area contributed by atoms with E-state index in [0.717, 1.165) is 39.1 Å². The van der Waals surface area contributed by atoms with E-state index in [0.29, 0.717) is 0 Å². The Kier molecular flexibility index (Phi) is 3.35. The van der Waals surface area contributed by atoms with Crippen molar-refractivity contribution < 1.29 is 4.79 Å². The van der Waals surface area contributed by atoms with Crippen LogP contribution in [0, 0.1) is 0 Å². The number of hydrogen-bond acceptors (Lipinski definition) is 3. The van der Waals surface area contributed by atoms with E-state index in [9.17, 15) is 4.79 Å². The van der Waals surface area contributed by atoms with Gasteiger partial charge in [-0.25, -0.2) is 4.98 Å². The third-order valence-electron chi connectivity index (χ3n) is 3.84. The summed E-state index contributed by atoms with van der Waals surface area (Å²) < 4.78 is 0. The number of hydrogen-bond donors (Lipinski definition) is 3. The van der Waals surface area contributed by atoms with Crippen molar-refractivity contribution in [1.29, 1.82) is 0 Å². The fraction of sp³-hybridized carbons (Fsp3) is 0.0556. The Labute approximate surface area is 137 Å². The maximum Gasteiger partial charge on any atom is 0.221 e. The van der Waals surface area contributed by atoms with E-state index >= 15 is 0 Å². The molecule has 0 unspecified atom stereocenters. The highest BCUT2D eigenvalue weighted by molar-refractivity contribution is 5.97. The summed E-state index contributed by atoms with van der Waals surface area (Å²) in [6.07, 6.45) is 5.38. The highest BCUT2D eigenvalue weighted by Crippen LogP contribution is 2.32. The third-order valence-corrected chi connectivity index (χ3v) is 3.84. The van der Waals surface area contributed by atoms with Gasteiger partial charge in [-0.15, -0.1) is 0 Å². The topological polar surface area (TPSA) is 86.5 Å². The zero-order valence-corrected chi connectivity index (χ0v) is 13.0. The molecule has 1 amide bonds. The van der Waals surface area contributed by atoms with E-state index < -0.39 is 0 Å². The highest BCUT2D eigenvalue weighted by atomic mass is 16.1. The predicted molar refractivity (Wildman–Crippen MR) is 93.4 cm³/mol.